The lowest BCUT2D eigenvalue weighted by atomic mass is 10.0. The van der Waals surface area contributed by atoms with Gasteiger partial charge in [0.25, 0.3) is 0 Å². The van der Waals surface area contributed by atoms with Crippen LogP contribution in [0.15, 0.2) is 24.3 Å². The lowest BCUT2D eigenvalue weighted by molar-refractivity contribution is 0.600. The summed E-state index contributed by atoms with van der Waals surface area (Å²) in [7, 11) is 2.18. The van der Waals surface area contributed by atoms with E-state index in [-0.39, 0.29) is 0 Å². The molecule has 0 radical (unpaired) electrons. The van der Waals surface area contributed by atoms with Crippen molar-refractivity contribution in [1.82, 2.24) is 4.90 Å². The van der Waals surface area contributed by atoms with Gasteiger partial charge < -0.3 is 0 Å². The normalized spacial score (nSPS) is 33.4. The van der Waals surface area contributed by atoms with E-state index < -0.39 is 0 Å². The van der Waals surface area contributed by atoms with Crippen molar-refractivity contribution >= 4 is 0 Å². The molecule has 0 spiro atoms. The third kappa shape index (κ3) is 1.05. The van der Waals surface area contributed by atoms with Gasteiger partial charge in [-0.1, -0.05) is 24.3 Å². The molecular weight excluding hydrogens is 146 g/mol. The summed E-state index contributed by atoms with van der Waals surface area (Å²) in [6.45, 7) is 4.46. The van der Waals surface area contributed by atoms with Gasteiger partial charge in [-0.25, -0.2) is 0 Å². The average Bonchev–Trinajstić information content (AvgIpc) is 2.62. The zero-order chi connectivity index (χ0) is 8.72. The van der Waals surface area contributed by atoms with E-state index in [0.717, 1.165) is 6.04 Å². The average molecular weight is 161 g/mol. The monoisotopic (exact) mass is 161 g/mol. The Morgan fingerprint density at radius 2 is 1.83 bits per heavy atom. The Kier molecular flexibility index (Phi) is 1.69. The van der Waals surface area contributed by atoms with Crippen molar-refractivity contribution in [2.75, 3.05) is 7.05 Å². The van der Waals surface area contributed by atoms with Crippen molar-refractivity contribution in [3.05, 3.63) is 35.4 Å². The number of hydrogen-bond donors (Lipinski definition) is 0. The lowest BCUT2D eigenvalue weighted by Gasteiger charge is -2.02. The zero-order valence-electron chi connectivity index (χ0n) is 7.91. The van der Waals surface area contributed by atoms with E-state index in [1.807, 2.05) is 0 Å². The third-order valence-electron chi connectivity index (χ3n) is 2.96. The van der Waals surface area contributed by atoms with Gasteiger partial charge in [0.05, 0.1) is 6.04 Å². The molecule has 0 aromatic heterocycles. The van der Waals surface area contributed by atoms with E-state index in [9.17, 15) is 0 Å². The number of likely N-dealkylation sites (N-methyl/N-ethyl adjacent to an activating group) is 1. The molecule has 3 unspecified atom stereocenters. The van der Waals surface area contributed by atoms with Crippen LogP contribution in [0, 0.1) is 6.92 Å². The van der Waals surface area contributed by atoms with Crippen molar-refractivity contribution in [3.8, 4) is 0 Å². The van der Waals surface area contributed by atoms with E-state index in [1.54, 1.807) is 0 Å². The van der Waals surface area contributed by atoms with Crippen LogP contribution in [-0.4, -0.2) is 18.0 Å². The molecule has 0 amide bonds. The summed E-state index contributed by atoms with van der Waals surface area (Å²) in [5, 5.41) is 0. The molecule has 1 aliphatic rings. The van der Waals surface area contributed by atoms with E-state index in [1.165, 1.54) is 11.1 Å². The first-order valence-corrected chi connectivity index (χ1v) is 4.49. The van der Waals surface area contributed by atoms with Gasteiger partial charge in [0.15, 0.2) is 0 Å². The summed E-state index contributed by atoms with van der Waals surface area (Å²) in [5.41, 5.74) is 2.91. The molecule has 12 heavy (non-hydrogen) atoms. The molecule has 1 saturated heterocycles. The fraction of sp³-hybridized carbons (Fsp3) is 0.455. The van der Waals surface area contributed by atoms with Gasteiger partial charge in [-0.2, -0.15) is 0 Å². The summed E-state index contributed by atoms with van der Waals surface area (Å²) in [6, 6.07) is 10.1. The molecule has 1 nitrogen and oxygen atoms in total. The SMILES string of the molecule is Cc1ccccc1C1C(C)N1C. The minimum atomic E-state index is 0.672. The van der Waals surface area contributed by atoms with Crippen LogP contribution < -0.4 is 0 Å². The maximum atomic E-state index is 2.39. The van der Waals surface area contributed by atoms with Gasteiger partial charge in [0.2, 0.25) is 0 Å². The Labute approximate surface area is 74.0 Å². The van der Waals surface area contributed by atoms with Crippen LogP contribution in [0.5, 0.6) is 0 Å². The third-order valence-corrected chi connectivity index (χ3v) is 2.96. The van der Waals surface area contributed by atoms with E-state index in [0.29, 0.717) is 6.04 Å². The van der Waals surface area contributed by atoms with Crippen LogP contribution >= 0.6 is 0 Å². The standard InChI is InChI=1S/C11H15N/c1-8-6-4-5-7-10(8)11-9(2)12(11)3/h4-7,9,11H,1-3H3. The first-order chi connectivity index (χ1) is 5.72. The highest BCUT2D eigenvalue weighted by molar-refractivity contribution is 5.33. The first kappa shape index (κ1) is 7.81. The molecule has 0 aliphatic carbocycles. The maximum absolute atomic E-state index is 2.39. The van der Waals surface area contributed by atoms with Crippen molar-refractivity contribution in [2.24, 2.45) is 0 Å². The zero-order valence-corrected chi connectivity index (χ0v) is 7.91. The Bertz CT molecular complexity index is 285. The number of rotatable bonds is 1. The maximum Gasteiger partial charge on any atom is 0.0504 e. The van der Waals surface area contributed by atoms with Gasteiger partial charge in [0, 0.05) is 6.04 Å². The summed E-state index contributed by atoms with van der Waals surface area (Å²) < 4.78 is 0. The molecular formula is C11H15N. The Morgan fingerprint density at radius 3 is 2.33 bits per heavy atom. The molecule has 2 rings (SSSR count). The second kappa shape index (κ2) is 2.60. The summed E-state index contributed by atoms with van der Waals surface area (Å²) in [6.07, 6.45) is 0. The van der Waals surface area contributed by atoms with Crippen molar-refractivity contribution in [1.29, 1.82) is 0 Å². The molecule has 64 valence electrons. The molecule has 1 fully saturated rings. The van der Waals surface area contributed by atoms with Gasteiger partial charge in [0.1, 0.15) is 0 Å². The Balaban J connectivity index is 2.30. The second-order valence-corrected chi connectivity index (χ2v) is 3.71. The molecule has 1 heterocycles. The molecule has 0 bridgehead atoms. The molecule has 3 atom stereocenters. The lowest BCUT2D eigenvalue weighted by Crippen LogP contribution is -1.90. The summed E-state index contributed by atoms with van der Waals surface area (Å²) in [5.74, 6) is 0. The smallest absolute Gasteiger partial charge is 0.0504 e. The number of benzene rings is 1. The predicted octanol–water partition coefficient (Wildman–Crippen LogP) is 2.37. The Hall–Kier alpha value is -0.820. The van der Waals surface area contributed by atoms with Crippen molar-refractivity contribution in [2.45, 2.75) is 25.9 Å². The summed E-state index contributed by atoms with van der Waals surface area (Å²) >= 11 is 0. The molecule has 1 aromatic rings. The van der Waals surface area contributed by atoms with Crippen molar-refractivity contribution in [3.63, 3.8) is 0 Å². The van der Waals surface area contributed by atoms with E-state index in [2.05, 4.69) is 50.1 Å². The van der Waals surface area contributed by atoms with Crippen LogP contribution in [0.2, 0.25) is 0 Å². The second-order valence-electron chi connectivity index (χ2n) is 3.71. The highest BCUT2D eigenvalue weighted by atomic mass is 15.3. The summed E-state index contributed by atoms with van der Waals surface area (Å²) in [4.78, 5) is 2.39. The number of nitrogens with zero attached hydrogens (tertiary/aromatic N) is 1. The van der Waals surface area contributed by atoms with Crippen LogP contribution in [0.4, 0.5) is 0 Å². The molecule has 1 heteroatoms. The molecule has 0 saturated carbocycles. The first-order valence-electron chi connectivity index (χ1n) is 4.49. The highest BCUT2D eigenvalue weighted by Crippen LogP contribution is 2.41. The number of aryl methyl sites for hydroxylation is 1. The number of hydrogen-bond acceptors (Lipinski definition) is 1. The minimum Gasteiger partial charge on any atom is -0.293 e. The van der Waals surface area contributed by atoms with Gasteiger partial charge in [-0.05, 0) is 32.0 Å². The topological polar surface area (TPSA) is 3.01 Å². The quantitative estimate of drug-likeness (QED) is 0.571. The van der Waals surface area contributed by atoms with Gasteiger partial charge >= 0.3 is 0 Å². The van der Waals surface area contributed by atoms with Crippen molar-refractivity contribution < 1.29 is 0 Å². The molecule has 1 aliphatic heterocycles. The highest BCUT2D eigenvalue weighted by Gasteiger charge is 2.41. The Morgan fingerprint density at radius 1 is 1.25 bits per heavy atom. The van der Waals surface area contributed by atoms with Crippen LogP contribution in [0.3, 0.4) is 0 Å². The molecule has 0 N–H and O–H groups in total. The fourth-order valence-electron chi connectivity index (χ4n) is 1.89. The minimum absolute atomic E-state index is 0.672. The van der Waals surface area contributed by atoms with Crippen LogP contribution in [-0.2, 0) is 0 Å². The van der Waals surface area contributed by atoms with E-state index in [4.69, 9.17) is 0 Å². The van der Waals surface area contributed by atoms with Crippen LogP contribution in [0.1, 0.15) is 24.1 Å². The van der Waals surface area contributed by atoms with Gasteiger partial charge in [-0.3, -0.25) is 4.90 Å². The van der Waals surface area contributed by atoms with Crippen LogP contribution in [0.25, 0.3) is 0 Å². The van der Waals surface area contributed by atoms with Gasteiger partial charge in [-0.15, -0.1) is 0 Å². The van der Waals surface area contributed by atoms with E-state index >= 15 is 0 Å². The predicted molar refractivity (Wildman–Crippen MR) is 51.1 cm³/mol. The largest absolute Gasteiger partial charge is 0.293 e. The molecule has 1 aromatic carbocycles. The fourth-order valence-corrected chi connectivity index (χ4v) is 1.89.